The molecule has 6 nitrogen and oxygen atoms in total. The molecule has 0 aromatic heterocycles. The number of hydrogen-bond donors (Lipinski definition) is 2. The van der Waals surface area contributed by atoms with E-state index < -0.39 is 23.6 Å². The summed E-state index contributed by atoms with van der Waals surface area (Å²) in [6, 6.07) is 10.6. The first kappa shape index (κ1) is 22.4. The molecule has 31 heavy (non-hydrogen) atoms. The standard InChI is InChI=1S/C23H25F2N3O3/c1-15(29)26-21(14-16-5-2-3-8-20(16)25)22(30)27-19-9-11-28(12-10-19)23(31)17-6-4-7-18(24)13-17/h2-8,13,19,21H,9-12,14H2,1H3,(H,26,29)(H,27,30)/t21-/m1/s1. The Morgan fingerprint density at radius 2 is 1.77 bits per heavy atom. The van der Waals surface area contributed by atoms with Crippen LogP contribution in [0, 0.1) is 11.6 Å². The molecule has 1 heterocycles. The first-order valence-electron chi connectivity index (χ1n) is 10.2. The number of rotatable bonds is 6. The van der Waals surface area contributed by atoms with Gasteiger partial charge in [0.15, 0.2) is 0 Å². The van der Waals surface area contributed by atoms with Crippen molar-refractivity contribution in [2.45, 2.75) is 38.3 Å². The number of piperidine rings is 1. The zero-order chi connectivity index (χ0) is 22.4. The van der Waals surface area contributed by atoms with Gasteiger partial charge in [0.05, 0.1) is 0 Å². The molecule has 1 atom stereocenters. The number of nitrogens with zero attached hydrogens (tertiary/aromatic N) is 1. The Bertz CT molecular complexity index is 959. The van der Waals surface area contributed by atoms with E-state index in [0.29, 0.717) is 31.5 Å². The van der Waals surface area contributed by atoms with Crippen molar-refractivity contribution < 1.29 is 23.2 Å². The Hall–Kier alpha value is -3.29. The molecule has 2 aromatic carbocycles. The summed E-state index contributed by atoms with van der Waals surface area (Å²) in [7, 11) is 0. The first-order valence-corrected chi connectivity index (χ1v) is 10.2. The second-order valence-electron chi connectivity index (χ2n) is 7.63. The highest BCUT2D eigenvalue weighted by Crippen LogP contribution is 2.16. The fourth-order valence-corrected chi connectivity index (χ4v) is 3.67. The SMILES string of the molecule is CC(=O)N[C@H](Cc1ccccc1F)C(=O)NC1CCN(C(=O)c2cccc(F)c2)CC1. The van der Waals surface area contributed by atoms with Gasteiger partial charge >= 0.3 is 0 Å². The molecule has 1 aliphatic rings. The average Bonchev–Trinajstić information content (AvgIpc) is 2.74. The van der Waals surface area contributed by atoms with Crippen molar-refractivity contribution in [2.75, 3.05) is 13.1 Å². The molecule has 0 spiro atoms. The van der Waals surface area contributed by atoms with Crippen LogP contribution in [0.2, 0.25) is 0 Å². The number of carbonyl (C=O) groups is 3. The number of carbonyl (C=O) groups excluding carboxylic acids is 3. The minimum absolute atomic E-state index is 0.0367. The van der Waals surface area contributed by atoms with Gasteiger partial charge in [-0.15, -0.1) is 0 Å². The fraction of sp³-hybridized carbons (Fsp3) is 0.348. The molecule has 2 N–H and O–H groups in total. The van der Waals surface area contributed by atoms with Crippen molar-refractivity contribution in [1.29, 1.82) is 0 Å². The van der Waals surface area contributed by atoms with E-state index in [1.165, 1.54) is 31.2 Å². The number of hydrogen-bond acceptors (Lipinski definition) is 3. The van der Waals surface area contributed by atoms with Crippen LogP contribution in [0.25, 0.3) is 0 Å². The summed E-state index contributed by atoms with van der Waals surface area (Å²) in [4.78, 5) is 38.5. The van der Waals surface area contributed by atoms with Crippen molar-refractivity contribution in [2.24, 2.45) is 0 Å². The van der Waals surface area contributed by atoms with Crippen LogP contribution >= 0.6 is 0 Å². The highest BCUT2D eigenvalue weighted by atomic mass is 19.1. The molecule has 1 fully saturated rings. The van der Waals surface area contributed by atoms with Crippen LogP contribution in [0.5, 0.6) is 0 Å². The lowest BCUT2D eigenvalue weighted by Crippen LogP contribution is -2.53. The van der Waals surface area contributed by atoms with Gasteiger partial charge in [0, 0.05) is 38.0 Å². The molecule has 0 saturated carbocycles. The predicted molar refractivity (Wildman–Crippen MR) is 111 cm³/mol. The Morgan fingerprint density at radius 3 is 2.42 bits per heavy atom. The molecule has 2 aromatic rings. The number of likely N-dealkylation sites (tertiary alicyclic amines) is 1. The average molecular weight is 429 g/mol. The van der Waals surface area contributed by atoms with Gasteiger partial charge in [-0.1, -0.05) is 24.3 Å². The molecule has 1 aliphatic heterocycles. The Kier molecular flexibility index (Phi) is 7.33. The van der Waals surface area contributed by atoms with Crippen molar-refractivity contribution in [3.63, 3.8) is 0 Å². The van der Waals surface area contributed by atoms with Crippen molar-refractivity contribution in [1.82, 2.24) is 15.5 Å². The van der Waals surface area contributed by atoms with E-state index in [0.717, 1.165) is 0 Å². The predicted octanol–water partition coefficient (Wildman–Crippen LogP) is 2.43. The lowest BCUT2D eigenvalue weighted by molar-refractivity contribution is -0.128. The molecule has 3 rings (SSSR count). The molecule has 0 bridgehead atoms. The van der Waals surface area contributed by atoms with Gasteiger partial charge in [-0.25, -0.2) is 8.78 Å². The molecule has 8 heteroatoms. The van der Waals surface area contributed by atoms with Crippen LogP contribution in [0.3, 0.4) is 0 Å². The van der Waals surface area contributed by atoms with Gasteiger partial charge in [-0.05, 0) is 42.7 Å². The van der Waals surface area contributed by atoms with Crippen LogP contribution in [-0.4, -0.2) is 47.8 Å². The molecule has 3 amide bonds. The molecule has 164 valence electrons. The largest absolute Gasteiger partial charge is 0.351 e. The van der Waals surface area contributed by atoms with Gasteiger partial charge < -0.3 is 15.5 Å². The molecule has 0 aliphatic carbocycles. The van der Waals surface area contributed by atoms with Crippen LogP contribution in [0.4, 0.5) is 8.78 Å². The van der Waals surface area contributed by atoms with Crippen LogP contribution in [0.1, 0.15) is 35.7 Å². The summed E-state index contributed by atoms with van der Waals surface area (Å²) in [5, 5.41) is 5.48. The smallest absolute Gasteiger partial charge is 0.253 e. The van der Waals surface area contributed by atoms with E-state index in [1.54, 1.807) is 29.2 Å². The summed E-state index contributed by atoms with van der Waals surface area (Å²) in [6.45, 7) is 2.13. The third-order valence-electron chi connectivity index (χ3n) is 5.28. The second kappa shape index (κ2) is 10.1. The van der Waals surface area contributed by atoms with E-state index in [1.807, 2.05) is 0 Å². The van der Waals surface area contributed by atoms with Gasteiger partial charge in [-0.3, -0.25) is 14.4 Å². The second-order valence-corrected chi connectivity index (χ2v) is 7.63. The van der Waals surface area contributed by atoms with Gasteiger partial charge in [0.1, 0.15) is 17.7 Å². The van der Waals surface area contributed by atoms with Gasteiger partial charge in [0.25, 0.3) is 5.91 Å². The number of amides is 3. The highest BCUT2D eigenvalue weighted by molar-refractivity contribution is 5.94. The van der Waals surface area contributed by atoms with Crippen LogP contribution in [0.15, 0.2) is 48.5 Å². The van der Waals surface area contributed by atoms with Crippen molar-refractivity contribution >= 4 is 17.7 Å². The Labute approximate surface area is 179 Å². The van der Waals surface area contributed by atoms with E-state index in [9.17, 15) is 23.2 Å². The highest BCUT2D eigenvalue weighted by Gasteiger charge is 2.28. The van der Waals surface area contributed by atoms with E-state index in [-0.39, 0.29) is 29.8 Å². The number of nitrogens with one attached hydrogen (secondary N) is 2. The molecular weight excluding hydrogens is 404 g/mol. The maximum absolute atomic E-state index is 14.0. The summed E-state index contributed by atoms with van der Waals surface area (Å²) in [6.07, 6.45) is 1.09. The minimum atomic E-state index is -0.902. The maximum atomic E-state index is 14.0. The molecule has 1 saturated heterocycles. The summed E-state index contributed by atoms with van der Waals surface area (Å²) < 4.78 is 27.4. The topological polar surface area (TPSA) is 78.5 Å². The summed E-state index contributed by atoms with van der Waals surface area (Å²) in [5.41, 5.74) is 0.630. The van der Waals surface area contributed by atoms with Crippen LogP contribution < -0.4 is 10.6 Å². The maximum Gasteiger partial charge on any atom is 0.253 e. The summed E-state index contributed by atoms with van der Waals surface area (Å²) in [5.74, 6) is -1.93. The van der Waals surface area contributed by atoms with E-state index in [2.05, 4.69) is 10.6 Å². The fourth-order valence-electron chi connectivity index (χ4n) is 3.67. The minimum Gasteiger partial charge on any atom is -0.351 e. The van der Waals surface area contributed by atoms with Gasteiger partial charge in [-0.2, -0.15) is 0 Å². The monoisotopic (exact) mass is 429 g/mol. The summed E-state index contributed by atoms with van der Waals surface area (Å²) >= 11 is 0. The van der Waals surface area contributed by atoms with Crippen molar-refractivity contribution in [3.8, 4) is 0 Å². The van der Waals surface area contributed by atoms with Gasteiger partial charge in [0.2, 0.25) is 11.8 Å². The van der Waals surface area contributed by atoms with E-state index in [4.69, 9.17) is 0 Å². The Balaban J connectivity index is 1.57. The first-order chi connectivity index (χ1) is 14.8. The number of benzene rings is 2. The van der Waals surface area contributed by atoms with Crippen molar-refractivity contribution in [3.05, 3.63) is 71.3 Å². The molecule has 0 radical (unpaired) electrons. The normalized spacial score (nSPS) is 15.3. The Morgan fingerprint density at radius 1 is 1.06 bits per heavy atom. The quantitative estimate of drug-likeness (QED) is 0.741. The van der Waals surface area contributed by atoms with E-state index >= 15 is 0 Å². The molecular formula is C23H25F2N3O3. The lowest BCUT2D eigenvalue weighted by atomic mass is 10.0. The number of halogens is 2. The zero-order valence-corrected chi connectivity index (χ0v) is 17.2. The zero-order valence-electron chi connectivity index (χ0n) is 17.2. The molecule has 0 unspecified atom stereocenters. The third-order valence-corrected chi connectivity index (χ3v) is 5.28. The van der Waals surface area contributed by atoms with Crippen LogP contribution in [-0.2, 0) is 16.0 Å². The third kappa shape index (κ3) is 6.10. The lowest BCUT2D eigenvalue weighted by Gasteiger charge is -2.33.